The summed E-state index contributed by atoms with van der Waals surface area (Å²) in [4.78, 5) is 35.2. The molecule has 1 fully saturated rings. The van der Waals surface area contributed by atoms with Crippen molar-refractivity contribution in [1.82, 2.24) is 5.32 Å². The highest BCUT2D eigenvalue weighted by Gasteiger charge is 2.49. The van der Waals surface area contributed by atoms with Crippen LogP contribution in [0.1, 0.15) is 46.5 Å². The van der Waals surface area contributed by atoms with E-state index in [0.29, 0.717) is 12.8 Å². The Morgan fingerprint density at radius 2 is 1.64 bits per heavy atom. The lowest BCUT2D eigenvalue weighted by molar-refractivity contribution is -0.267. The van der Waals surface area contributed by atoms with Crippen LogP contribution in [0, 0.1) is 0 Å². The monoisotopic (exact) mass is 361 g/mol. The van der Waals surface area contributed by atoms with E-state index in [2.05, 4.69) is 5.32 Å². The highest BCUT2D eigenvalue weighted by Crippen LogP contribution is 2.25. The van der Waals surface area contributed by atoms with Crippen molar-refractivity contribution in [2.24, 2.45) is 0 Å². The number of hydrogen-bond donors (Lipinski definition) is 3. The van der Waals surface area contributed by atoms with Gasteiger partial charge in [0.2, 0.25) is 12.2 Å². The zero-order chi connectivity index (χ0) is 19.0. The normalized spacial score (nSPS) is 28.9. The molecule has 0 aromatic heterocycles. The van der Waals surface area contributed by atoms with Gasteiger partial charge in [0, 0.05) is 19.8 Å². The first kappa shape index (κ1) is 21.3. The molecule has 25 heavy (non-hydrogen) atoms. The molecule has 0 spiro atoms. The molecule has 9 nitrogen and oxygen atoms in total. The lowest BCUT2D eigenvalue weighted by atomic mass is 9.96. The molecule has 0 aliphatic carbocycles. The molecule has 0 radical (unpaired) electrons. The second-order valence-electron chi connectivity index (χ2n) is 5.89. The van der Waals surface area contributed by atoms with Gasteiger partial charge in [0.05, 0.1) is 6.61 Å². The van der Waals surface area contributed by atoms with E-state index < -0.39 is 55.1 Å². The summed E-state index contributed by atoms with van der Waals surface area (Å²) in [6.07, 6.45) is -3.65. The van der Waals surface area contributed by atoms with Crippen molar-refractivity contribution in [3.8, 4) is 0 Å². The van der Waals surface area contributed by atoms with E-state index in [1.165, 1.54) is 6.92 Å². The fourth-order valence-electron chi connectivity index (χ4n) is 2.50. The van der Waals surface area contributed by atoms with Gasteiger partial charge in [-0.1, -0.05) is 13.8 Å². The van der Waals surface area contributed by atoms with E-state index in [-0.39, 0.29) is 12.8 Å². The molecule has 0 aromatic rings. The first-order valence-electron chi connectivity index (χ1n) is 8.44. The molecular weight excluding hydrogens is 334 g/mol. The van der Waals surface area contributed by atoms with Crippen LogP contribution >= 0.6 is 0 Å². The lowest BCUT2D eigenvalue weighted by Crippen LogP contribution is -2.65. The minimum atomic E-state index is -1.39. The van der Waals surface area contributed by atoms with E-state index in [9.17, 15) is 24.6 Å². The molecule has 1 saturated heterocycles. The Hall–Kier alpha value is -1.71. The number of carbonyl (C=O) groups is 3. The summed E-state index contributed by atoms with van der Waals surface area (Å²) < 4.78 is 15.9. The number of amides is 1. The van der Waals surface area contributed by atoms with Gasteiger partial charge in [-0.3, -0.25) is 14.4 Å². The molecule has 0 saturated carbocycles. The van der Waals surface area contributed by atoms with E-state index in [1.807, 2.05) is 0 Å². The number of nitrogens with one attached hydrogen (secondary N) is 1. The molecule has 1 aliphatic heterocycles. The summed E-state index contributed by atoms with van der Waals surface area (Å²) in [7, 11) is 0. The first-order chi connectivity index (χ1) is 11.8. The van der Waals surface area contributed by atoms with Crippen LogP contribution in [-0.4, -0.2) is 65.3 Å². The molecule has 0 aromatic carbocycles. The van der Waals surface area contributed by atoms with Crippen molar-refractivity contribution in [2.45, 2.75) is 77.1 Å². The molecule has 1 rings (SSSR count). The molecule has 3 N–H and O–H groups in total. The minimum absolute atomic E-state index is 0.126. The van der Waals surface area contributed by atoms with Crippen molar-refractivity contribution in [3.63, 3.8) is 0 Å². The van der Waals surface area contributed by atoms with E-state index >= 15 is 0 Å². The Kier molecular flexibility index (Phi) is 8.81. The maximum Gasteiger partial charge on any atom is 0.308 e. The van der Waals surface area contributed by atoms with Crippen LogP contribution in [0.3, 0.4) is 0 Å². The standard InChI is InChI=1S/C16H27NO8/c1-4-6-11(20)24-15-13(17-9(3)19)16(25-12(21)7-5-2)23-10(8-18)14(15)22/h10,13-16,18,22H,4-8H2,1-3H3,(H,17,19)/t10-,13-,14-,15-,16-/m1/s1. The molecule has 1 aliphatic rings. The Labute approximate surface area is 146 Å². The number of rotatable bonds is 8. The molecule has 0 bridgehead atoms. The molecule has 1 heterocycles. The molecule has 5 atom stereocenters. The Balaban J connectivity index is 3.04. The molecule has 9 heteroatoms. The molecule has 0 unspecified atom stereocenters. The fourth-order valence-corrected chi connectivity index (χ4v) is 2.50. The quantitative estimate of drug-likeness (QED) is 0.499. The van der Waals surface area contributed by atoms with Crippen LogP contribution in [0.2, 0.25) is 0 Å². The second-order valence-corrected chi connectivity index (χ2v) is 5.89. The summed E-state index contributed by atoms with van der Waals surface area (Å²) in [6, 6.07) is -1.09. The van der Waals surface area contributed by atoms with Crippen molar-refractivity contribution in [2.75, 3.05) is 6.61 Å². The van der Waals surface area contributed by atoms with Crippen molar-refractivity contribution in [1.29, 1.82) is 0 Å². The lowest BCUT2D eigenvalue weighted by Gasteiger charge is -2.43. The maximum atomic E-state index is 11.9. The summed E-state index contributed by atoms with van der Waals surface area (Å²) in [5, 5.41) is 22.2. The van der Waals surface area contributed by atoms with Gasteiger partial charge in [0.1, 0.15) is 18.2 Å². The zero-order valence-corrected chi connectivity index (χ0v) is 14.8. The second kappa shape index (κ2) is 10.3. The number of hydrogen-bond acceptors (Lipinski definition) is 8. The van der Waals surface area contributed by atoms with Gasteiger partial charge in [-0.15, -0.1) is 0 Å². The Morgan fingerprint density at radius 1 is 1.08 bits per heavy atom. The molecular formula is C16H27NO8. The third kappa shape index (κ3) is 6.26. The third-order valence-electron chi connectivity index (χ3n) is 3.65. The summed E-state index contributed by atoms with van der Waals surface area (Å²) in [5.74, 6) is -1.61. The number of aliphatic hydroxyl groups is 2. The largest absolute Gasteiger partial charge is 0.457 e. The number of aliphatic hydroxyl groups excluding tert-OH is 2. The number of esters is 2. The van der Waals surface area contributed by atoms with Crippen molar-refractivity contribution < 1.29 is 38.8 Å². The minimum Gasteiger partial charge on any atom is -0.457 e. The predicted octanol–water partition coefficient (Wildman–Crippen LogP) is -0.376. The maximum absolute atomic E-state index is 11.9. The first-order valence-corrected chi connectivity index (χ1v) is 8.44. The third-order valence-corrected chi connectivity index (χ3v) is 3.65. The number of ether oxygens (including phenoxy) is 3. The molecule has 1 amide bonds. The average Bonchev–Trinajstić information content (AvgIpc) is 2.53. The Morgan fingerprint density at radius 3 is 2.12 bits per heavy atom. The van der Waals surface area contributed by atoms with Gasteiger partial charge in [-0.2, -0.15) is 0 Å². The van der Waals surface area contributed by atoms with Gasteiger partial charge in [0.25, 0.3) is 0 Å². The summed E-state index contributed by atoms with van der Waals surface area (Å²) in [5.41, 5.74) is 0. The predicted molar refractivity (Wildman–Crippen MR) is 85.1 cm³/mol. The van der Waals surface area contributed by atoms with Crippen LogP contribution in [0.4, 0.5) is 0 Å². The summed E-state index contributed by atoms with van der Waals surface area (Å²) in [6.45, 7) is 4.25. The smallest absolute Gasteiger partial charge is 0.308 e. The van der Waals surface area contributed by atoms with Gasteiger partial charge in [-0.05, 0) is 12.8 Å². The topological polar surface area (TPSA) is 131 Å². The van der Waals surface area contributed by atoms with Crippen LogP contribution in [-0.2, 0) is 28.6 Å². The van der Waals surface area contributed by atoms with Crippen LogP contribution < -0.4 is 5.32 Å². The van der Waals surface area contributed by atoms with Crippen LogP contribution in [0.5, 0.6) is 0 Å². The average molecular weight is 361 g/mol. The van der Waals surface area contributed by atoms with Crippen LogP contribution in [0.15, 0.2) is 0 Å². The molecule has 144 valence electrons. The summed E-state index contributed by atoms with van der Waals surface area (Å²) >= 11 is 0. The number of carbonyl (C=O) groups excluding carboxylic acids is 3. The van der Waals surface area contributed by atoms with Crippen molar-refractivity contribution in [3.05, 3.63) is 0 Å². The fraction of sp³-hybridized carbons (Fsp3) is 0.812. The van der Waals surface area contributed by atoms with Crippen molar-refractivity contribution >= 4 is 17.8 Å². The van der Waals surface area contributed by atoms with Gasteiger partial charge in [-0.25, -0.2) is 0 Å². The van der Waals surface area contributed by atoms with Gasteiger partial charge >= 0.3 is 11.9 Å². The Bertz CT molecular complexity index is 469. The SMILES string of the molecule is CCCC(=O)O[C@H]1O[C@H](CO)[C@@H](O)[C@H](OC(=O)CCC)[C@H]1NC(C)=O. The van der Waals surface area contributed by atoms with E-state index in [0.717, 1.165) is 0 Å². The highest BCUT2D eigenvalue weighted by atomic mass is 16.7. The van der Waals surface area contributed by atoms with E-state index in [4.69, 9.17) is 14.2 Å². The van der Waals surface area contributed by atoms with E-state index in [1.54, 1.807) is 13.8 Å². The zero-order valence-electron chi connectivity index (χ0n) is 14.8. The van der Waals surface area contributed by atoms with Crippen LogP contribution in [0.25, 0.3) is 0 Å². The van der Waals surface area contributed by atoms with Gasteiger partial charge in [0.15, 0.2) is 6.10 Å². The highest BCUT2D eigenvalue weighted by molar-refractivity contribution is 5.74. The van der Waals surface area contributed by atoms with Gasteiger partial charge < -0.3 is 29.7 Å².